The lowest BCUT2D eigenvalue weighted by Crippen LogP contribution is -2.16. The number of aromatic nitrogens is 2. The Bertz CT molecular complexity index is 633. The third-order valence-corrected chi connectivity index (χ3v) is 3.50. The van der Waals surface area contributed by atoms with Crippen LogP contribution in [0.25, 0.3) is 5.69 Å². The molecule has 0 saturated heterocycles. The van der Waals surface area contributed by atoms with Crippen molar-refractivity contribution in [1.29, 1.82) is 0 Å². The molecule has 19 heavy (non-hydrogen) atoms. The standard InChI is InChI=1S/C12H12ClN3O2S/c1-19-7-11-10(6-14-18)12(17)16(15-11)9-4-2-8(13)3-5-9/h2-5,15H,6-7H2,1H3. The maximum atomic E-state index is 12.2. The highest BCUT2D eigenvalue weighted by Crippen LogP contribution is 2.15. The zero-order chi connectivity index (χ0) is 13.8. The van der Waals surface area contributed by atoms with Crippen molar-refractivity contribution in [2.24, 2.45) is 5.18 Å². The van der Waals surface area contributed by atoms with Crippen LogP contribution in [0, 0.1) is 4.91 Å². The number of H-pyrrole nitrogens is 1. The summed E-state index contributed by atoms with van der Waals surface area (Å²) in [6, 6.07) is 6.88. The van der Waals surface area contributed by atoms with Crippen molar-refractivity contribution in [3.63, 3.8) is 0 Å². The Morgan fingerprint density at radius 1 is 1.37 bits per heavy atom. The van der Waals surface area contributed by atoms with Crippen LogP contribution in [0.3, 0.4) is 0 Å². The van der Waals surface area contributed by atoms with Gasteiger partial charge in [0.1, 0.15) is 6.54 Å². The Morgan fingerprint density at radius 2 is 2.05 bits per heavy atom. The van der Waals surface area contributed by atoms with E-state index in [0.29, 0.717) is 22.0 Å². The van der Waals surface area contributed by atoms with Gasteiger partial charge in [-0.2, -0.15) is 16.7 Å². The minimum atomic E-state index is -0.244. The molecule has 0 fully saturated rings. The molecular weight excluding hydrogens is 286 g/mol. The maximum absolute atomic E-state index is 12.2. The minimum absolute atomic E-state index is 0.119. The number of hydrogen-bond donors (Lipinski definition) is 1. The molecule has 5 nitrogen and oxygen atoms in total. The minimum Gasteiger partial charge on any atom is -0.294 e. The number of nitrogens with zero attached hydrogens (tertiary/aromatic N) is 2. The lowest BCUT2D eigenvalue weighted by atomic mass is 10.2. The Hall–Kier alpha value is -1.53. The van der Waals surface area contributed by atoms with E-state index in [1.807, 2.05) is 6.26 Å². The fourth-order valence-electron chi connectivity index (χ4n) is 1.78. The molecule has 100 valence electrons. The van der Waals surface area contributed by atoms with Gasteiger partial charge in [-0.15, -0.1) is 0 Å². The molecule has 0 aliphatic heterocycles. The first-order valence-electron chi connectivity index (χ1n) is 5.54. The molecule has 0 spiro atoms. The fourth-order valence-corrected chi connectivity index (χ4v) is 2.43. The highest BCUT2D eigenvalue weighted by Gasteiger charge is 2.14. The van der Waals surface area contributed by atoms with E-state index in [4.69, 9.17) is 11.6 Å². The molecule has 2 aromatic rings. The smallest absolute Gasteiger partial charge is 0.276 e. The van der Waals surface area contributed by atoms with Crippen LogP contribution in [0.5, 0.6) is 0 Å². The van der Waals surface area contributed by atoms with Gasteiger partial charge in [-0.25, -0.2) is 4.68 Å². The lowest BCUT2D eigenvalue weighted by molar-refractivity contribution is 0.832. The first-order valence-corrected chi connectivity index (χ1v) is 7.31. The van der Waals surface area contributed by atoms with E-state index in [0.717, 1.165) is 5.69 Å². The molecule has 0 radical (unpaired) electrons. The van der Waals surface area contributed by atoms with Gasteiger partial charge < -0.3 is 0 Å². The second-order valence-corrected chi connectivity index (χ2v) is 5.21. The highest BCUT2D eigenvalue weighted by molar-refractivity contribution is 7.97. The molecule has 0 saturated carbocycles. The van der Waals surface area contributed by atoms with Crippen LogP contribution in [0.15, 0.2) is 34.2 Å². The van der Waals surface area contributed by atoms with Crippen LogP contribution in [0.4, 0.5) is 0 Å². The Morgan fingerprint density at radius 3 is 2.63 bits per heavy atom. The summed E-state index contributed by atoms with van der Waals surface area (Å²) >= 11 is 7.38. The zero-order valence-corrected chi connectivity index (χ0v) is 11.8. The topological polar surface area (TPSA) is 67.2 Å². The number of nitroso groups, excluding NO2 is 1. The normalized spacial score (nSPS) is 10.6. The molecule has 7 heteroatoms. The van der Waals surface area contributed by atoms with Gasteiger partial charge in [-0.05, 0) is 30.5 Å². The van der Waals surface area contributed by atoms with E-state index in [-0.39, 0.29) is 12.1 Å². The highest BCUT2D eigenvalue weighted by atomic mass is 35.5. The fraction of sp³-hybridized carbons (Fsp3) is 0.250. The van der Waals surface area contributed by atoms with Gasteiger partial charge in [0.05, 0.1) is 16.9 Å². The quantitative estimate of drug-likeness (QED) is 0.863. The molecule has 1 aromatic heterocycles. The average molecular weight is 298 g/mol. The van der Waals surface area contributed by atoms with Crippen LogP contribution in [-0.2, 0) is 12.3 Å². The van der Waals surface area contributed by atoms with Gasteiger partial charge in [-0.1, -0.05) is 16.8 Å². The van der Waals surface area contributed by atoms with E-state index in [1.165, 1.54) is 4.68 Å². The summed E-state index contributed by atoms with van der Waals surface area (Å²) < 4.78 is 1.41. The van der Waals surface area contributed by atoms with Crippen molar-refractivity contribution >= 4 is 23.4 Å². The van der Waals surface area contributed by atoms with Crippen molar-refractivity contribution in [3.8, 4) is 5.69 Å². The molecule has 1 heterocycles. The number of thioether (sulfide) groups is 1. The molecule has 0 amide bonds. The summed E-state index contributed by atoms with van der Waals surface area (Å²) in [5.74, 6) is 0.626. The molecular formula is C12H12ClN3O2S. The van der Waals surface area contributed by atoms with Gasteiger partial charge in [0.25, 0.3) is 5.56 Å². The first-order chi connectivity index (χ1) is 9.17. The van der Waals surface area contributed by atoms with Gasteiger partial charge in [0.15, 0.2) is 0 Å². The van der Waals surface area contributed by atoms with Crippen LogP contribution in [0.2, 0.25) is 5.02 Å². The lowest BCUT2D eigenvalue weighted by Gasteiger charge is -2.01. The largest absolute Gasteiger partial charge is 0.294 e. The monoisotopic (exact) mass is 297 g/mol. The Balaban J connectivity index is 2.51. The SMILES string of the molecule is CSCc1[nH]n(-c2ccc(Cl)cc2)c(=O)c1CN=O. The van der Waals surface area contributed by atoms with Crippen molar-refractivity contribution in [3.05, 3.63) is 55.8 Å². The van der Waals surface area contributed by atoms with Gasteiger partial charge in [0.2, 0.25) is 0 Å². The average Bonchev–Trinajstić information content (AvgIpc) is 2.70. The number of benzene rings is 1. The van der Waals surface area contributed by atoms with E-state index < -0.39 is 0 Å². The number of rotatable bonds is 5. The van der Waals surface area contributed by atoms with Crippen LogP contribution >= 0.6 is 23.4 Å². The summed E-state index contributed by atoms with van der Waals surface area (Å²) in [6.45, 7) is -0.119. The second-order valence-electron chi connectivity index (χ2n) is 3.91. The third kappa shape index (κ3) is 2.90. The van der Waals surface area contributed by atoms with Crippen molar-refractivity contribution in [2.45, 2.75) is 12.3 Å². The summed E-state index contributed by atoms with van der Waals surface area (Å²) in [5.41, 5.74) is 1.58. The summed E-state index contributed by atoms with van der Waals surface area (Å²) in [4.78, 5) is 22.7. The zero-order valence-electron chi connectivity index (χ0n) is 10.2. The molecule has 0 unspecified atom stereocenters. The second kappa shape index (κ2) is 6.08. The summed E-state index contributed by atoms with van der Waals surface area (Å²) in [5, 5.41) is 6.43. The number of nitrogens with one attached hydrogen (secondary N) is 1. The van der Waals surface area contributed by atoms with E-state index in [9.17, 15) is 9.70 Å². The molecule has 1 aromatic carbocycles. The van der Waals surface area contributed by atoms with E-state index in [2.05, 4.69) is 10.3 Å². The molecule has 0 aliphatic carbocycles. The summed E-state index contributed by atoms with van der Waals surface area (Å²) in [7, 11) is 0. The molecule has 0 bridgehead atoms. The summed E-state index contributed by atoms with van der Waals surface area (Å²) in [6.07, 6.45) is 1.93. The van der Waals surface area contributed by atoms with Gasteiger partial charge in [-0.3, -0.25) is 9.89 Å². The molecule has 0 atom stereocenters. The number of hydrogen-bond acceptors (Lipinski definition) is 4. The Labute approximate surface area is 118 Å². The van der Waals surface area contributed by atoms with Gasteiger partial charge in [0, 0.05) is 10.8 Å². The predicted octanol–water partition coefficient (Wildman–Crippen LogP) is 2.95. The van der Waals surface area contributed by atoms with E-state index >= 15 is 0 Å². The van der Waals surface area contributed by atoms with Gasteiger partial charge >= 0.3 is 0 Å². The van der Waals surface area contributed by atoms with Crippen LogP contribution in [0.1, 0.15) is 11.3 Å². The molecule has 1 N–H and O–H groups in total. The van der Waals surface area contributed by atoms with E-state index in [1.54, 1.807) is 36.0 Å². The first kappa shape index (κ1) is 13.9. The van der Waals surface area contributed by atoms with Crippen molar-refractivity contribution < 1.29 is 0 Å². The van der Waals surface area contributed by atoms with Crippen molar-refractivity contribution in [1.82, 2.24) is 9.78 Å². The number of halogens is 1. The number of aromatic amines is 1. The maximum Gasteiger partial charge on any atom is 0.276 e. The van der Waals surface area contributed by atoms with Crippen LogP contribution in [-0.4, -0.2) is 16.0 Å². The predicted molar refractivity (Wildman–Crippen MR) is 78.1 cm³/mol. The molecule has 2 rings (SSSR count). The molecule has 0 aliphatic rings. The Kier molecular flexibility index (Phi) is 4.44. The van der Waals surface area contributed by atoms with Crippen molar-refractivity contribution in [2.75, 3.05) is 6.26 Å². The third-order valence-electron chi connectivity index (χ3n) is 2.67. The van der Waals surface area contributed by atoms with Crippen LogP contribution < -0.4 is 5.56 Å².